The molecule has 1 aromatic heterocycles. The molecule has 0 saturated carbocycles. The normalized spacial score (nSPS) is 11.8. The van der Waals surface area contributed by atoms with Gasteiger partial charge in [0.2, 0.25) is 0 Å². The first-order chi connectivity index (χ1) is 12.1. The van der Waals surface area contributed by atoms with Gasteiger partial charge in [0.05, 0.1) is 17.1 Å². The van der Waals surface area contributed by atoms with Crippen LogP contribution in [-0.2, 0) is 0 Å². The number of H-pyrrole nitrogens is 1. The number of nitriles is 2. The first-order valence-corrected chi connectivity index (χ1v) is 7.67. The van der Waals surface area contributed by atoms with Crippen molar-refractivity contribution in [1.29, 1.82) is 10.5 Å². The highest BCUT2D eigenvalue weighted by atomic mass is 16.6. The topological polar surface area (TPSA) is 107 Å². The minimum Gasteiger partial charge on any atom is -0.358 e. The number of fused-ring (bicyclic) bond motifs is 1. The molecule has 2 aromatic carbocycles. The van der Waals surface area contributed by atoms with E-state index < -0.39 is 16.8 Å². The number of nitro groups is 1. The van der Waals surface area contributed by atoms with Crippen molar-refractivity contribution in [2.45, 2.75) is 12.8 Å². The third kappa shape index (κ3) is 2.82. The first-order valence-electron chi connectivity index (χ1n) is 7.67. The lowest BCUT2D eigenvalue weighted by Crippen LogP contribution is -2.12. The molecule has 3 aromatic rings. The average molecular weight is 330 g/mol. The Morgan fingerprint density at radius 1 is 1.08 bits per heavy atom. The predicted octanol–water partition coefficient (Wildman–Crippen LogP) is 4.18. The molecule has 6 nitrogen and oxygen atoms in total. The molecule has 122 valence electrons. The number of aryl methyl sites for hydroxylation is 1. The second-order valence-electron chi connectivity index (χ2n) is 5.77. The van der Waals surface area contributed by atoms with Crippen LogP contribution in [0, 0.1) is 45.6 Å². The van der Waals surface area contributed by atoms with Crippen molar-refractivity contribution in [2.75, 3.05) is 0 Å². The lowest BCUT2D eigenvalue weighted by molar-refractivity contribution is -0.384. The molecule has 25 heavy (non-hydrogen) atoms. The minimum absolute atomic E-state index is 0.0244. The summed E-state index contributed by atoms with van der Waals surface area (Å²) in [5.74, 6) is -1.40. The number of aromatic amines is 1. The zero-order chi connectivity index (χ0) is 18.0. The number of nitrogens with one attached hydrogen (secondary N) is 1. The zero-order valence-electron chi connectivity index (χ0n) is 13.4. The average Bonchev–Trinajstić information content (AvgIpc) is 2.95. The highest BCUT2D eigenvalue weighted by molar-refractivity contribution is 5.86. The molecule has 0 radical (unpaired) electrons. The van der Waals surface area contributed by atoms with E-state index in [-0.39, 0.29) is 5.69 Å². The van der Waals surface area contributed by atoms with Crippen LogP contribution in [0.25, 0.3) is 10.9 Å². The molecule has 0 unspecified atom stereocenters. The van der Waals surface area contributed by atoms with Gasteiger partial charge in [-0.25, -0.2) is 0 Å². The van der Waals surface area contributed by atoms with E-state index in [1.165, 1.54) is 12.1 Å². The Kier molecular flexibility index (Phi) is 4.20. The summed E-state index contributed by atoms with van der Waals surface area (Å²) < 4.78 is 0. The van der Waals surface area contributed by atoms with Crippen LogP contribution < -0.4 is 0 Å². The summed E-state index contributed by atoms with van der Waals surface area (Å²) in [5.41, 5.74) is 3.35. The molecule has 6 heteroatoms. The Balaban J connectivity index is 2.22. The molecule has 1 heterocycles. The molecule has 0 aliphatic carbocycles. The SMILES string of the molecule is Cc1[nH]c2ccccc2c1[C@@H](c1ccc([N+](=O)[O-])cc1)C(C#N)C#N. The number of para-hydroxylation sites is 1. The van der Waals surface area contributed by atoms with Gasteiger partial charge in [0.1, 0.15) is 5.92 Å². The van der Waals surface area contributed by atoms with Gasteiger partial charge in [-0.3, -0.25) is 10.1 Å². The molecular formula is C19H14N4O2. The summed E-state index contributed by atoms with van der Waals surface area (Å²) in [6.45, 7) is 1.90. The van der Waals surface area contributed by atoms with E-state index in [4.69, 9.17) is 0 Å². The Hall–Kier alpha value is -3.64. The van der Waals surface area contributed by atoms with E-state index in [1.54, 1.807) is 12.1 Å². The third-order valence-corrected chi connectivity index (χ3v) is 4.33. The van der Waals surface area contributed by atoms with Crippen molar-refractivity contribution in [3.05, 3.63) is 75.5 Å². The fraction of sp³-hybridized carbons (Fsp3) is 0.158. The molecule has 0 aliphatic heterocycles. The third-order valence-electron chi connectivity index (χ3n) is 4.33. The number of non-ortho nitro benzene ring substituents is 1. The van der Waals surface area contributed by atoms with E-state index in [9.17, 15) is 20.6 Å². The Labute approximate surface area is 144 Å². The minimum atomic E-state index is -0.903. The van der Waals surface area contributed by atoms with Crippen molar-refractivity contribution in [3.63, 3.8) is 0 Å². The second-order valence-corrected chi connectivity index (χ2v) is 5.77. The summed E-state index contributed by atoms with van der Waals surface area (Å²) in [5, 5.41) is 30.8. The molecule has 0 bridgehead atoms. The maximum atomic E-state index is 10.9. The Morgan fingerprint density at radius 3 is 2.32 bits per heavy atom. The van der Waals surface area contributed by atoms with Crippen LogP contribution in [0.5, 0.6) is 0 Å². The Bertz CT molecular complexity index is 1010. The van der Waals surface area contributed by atoms with Gasteiger partial charge in [0.15, 0.2) is 0 Å². The van der Waals surface area contributed by atoms with Gasteiger partial charge in [0, 0.05) is 34.6 Å². The monoisotopic (exact) mass is 330 g/mol. The summed E-state index contributed by atoms with van der Waals surface area (Å²) in [6.07, 6.45) is 0. The standard InChI is InChI=1S/C19H14N4O2/c1-12-18(16-4-2-3-5-17(16)22-12)19(14(10-20)11-21)13-6-8-15(9-7-13)23(24)25/h2-9,14,19,22H,1H3/t19-/m0/s1. The number of nitro benzene ring substituents is 1. The van der Waals surface area contributed by atoms with E-state index in [2.05, 4.69) is 17.1 Å². The number of hydrogen-bond donors (Lipinski definition) is 1. The second kappa shape index (κ2) is 6.46. The van der Waals surface area contributed by atoms with Gasteiger partial charge >= 0.3 is 0 Å². The first kappa shape index (κ1) is 16.2. The van der Waals surface area contributed by atoms with Crippen LogP contribution >= 0.6 is 0 Å². The summed E-state index contributed by atoms with van der Waals surface area (Å²) in [6, 6.07) is 17.8. The van der Waals surface area contributed by atoms with Gasteiger partial charge < -0.3 is 4.98 Å². The highest BCUT2D eigenvalue weighted by Gasteiger charge is 2.29. The van der Waals surface area contributed by atoms with Crippen LogP contribution in [-0.4, -0.2) is 9.91 Å². The number of aromatic nitrogens is 1. The summed E-state index contributed by atoms with van der Waals surface area (Å²) in [4.78, 5) is 13.7. The van der Waals surface area contributed by atoms with E-state index in [0.717, 1.165) is 22.2 Å². The molecule has 0 amide bonds. The summed E-state index contributed by atoms with van der Waals surface area (Å²) in [7, 11) is 0. The van der Waals surface area contributed by atoms with Crippen LogP contribution in [0.1, 0.15) is 22.7 Å². The van der Waals surface area contributed by atoms with Gasteiger partial charge in [-0.05, 0) is 24.1 Å². The van der Waals surface area contributed by atoms with Crippen LogP contribution in [0.4, 0.5) is 5.69 Å². The molecule has 1 atom stereocenters. The largest absolute Gasteiger partial charge is 0.358 e. The lowest BCUT2D eigenvalue weighted by Gasteiger charge is -2.19. The number of benzene rings is 2. The van der Waals surface area contributed by atoms with E-state index in [1.807, 2.05) is 31.2 Å². The molecular weight excluding hydrogens is 316 g/mol. The van der Waals surface area contributed by atoms with Gasteiger partial charge in [-0.1, -0.05) is 30.3 Å². The van der Waals surface area contributed by atoms with Crippen LogP contribution in [0.3, 0.4) is 0 Å². The fourth-order valence-electron chi connectivity index (χ4n) is 3.21. The van der Waals surface area contributed by atoms with E-state index in [0.29, 0.717) is 5.56 Å². The quantitative estimate of drug-likeness (QED) is 0.572. The smallest absolute Gasteiger partial charge is 0.269 e. The maximum Gasteiger partial charge on any atom is 0.269 e. The highest BCUT2D eigenvalue weighted by Crippen LogP contribution is 2.38. The number of hydrogen-bond acceptors (Lipinski definition) is 4. The molecule has 0 fully saturated rings. The van der Waals surface area contributed by atoms with Crippen molar-refractivity contribution >= 4 is 16.6 Å². The van der Waals surface area contributed by atoms with Crippen molar-refractivity contribution in [3.8, 4) is 12.1 Å². The van der Waals surface area contributed by atoms with Crippen LogP contribution in [0.2, 0.25) is 0 Å². The molecule has 0 aliphatic rings. The van der Waals surface area contributed by atoms with Crippen molar-refractivity contribution in [1.82, 2.24) is 4.98 Å². The molecule has 3 rings (SSSR count). The number of nitrogens with zero attached hydrogens (tertiary/aromatic N) is 3. The molecule has 1 N–H and O–H groups in total. The van der Waals surface area contributed by atoms with Gasteiger partial charge in [-0.2, -0.15) is 10.5 Å². The fourth-order valence-corrected chi connectivity index (χ4v) is 3.21. The van der Waals surface area contributed by atoms with Gasteiger partial charge in [-0.15, -0.1) is 0 Å². The van der Waals surface area contributed by atoms with Crippen molar-refractivity contribution in [2.24, 2.45) is 5.92 Å². The zero-order valence-corrected chi connectivity index (χ0v) is 13.4. The van der Waals surface area contributed by atoms with Crippen LogP contribution in [0.15, 0.2) is 48.5 Å². The van der Waals surface area contributed by atoms with Gasteiger partial charge in [0.25, 0.3) is 5.69 Å². The summed E-state index contributed by atoms with van der Waals surface area (Å²) >= 11 is 0. The maximum absolute atomic E-state index is 10.9. The van der Waals surface area contributed by atoms with Crippen molar-refractivity contribution < 1.29 is 4.92 Å². The Morgan fingerprint density at radius 2 is 1.72 bits per heavy atom. The lowest BCUT2D eigenvalue weighted by atomic mass is 9.80. The predicted molar refractivity (Wildman–Crippen MR) is 92.7 cm³/mol. The number of rotatable bonds is 4. The molecule has 0 spiro atoms. The molecule has 0 saturated heterocycles. The van der Waals surface area contributed by atoms with E-state index >= 15 is 0 Å².